The number of carbonyl (C=O) groups excluding carboxylic acids is 1. The van der Waals surface area contributed by atoms with Gasteiger partial charge in [0, 0.05) is 18.9 Å². The lowest BCUT2D eigenvalue weighted by atomic mass is 10.0. The Balaban J connectivity index is 1.56. The maximum atomic E-state index is 11.9. The summed E-state index contributed by atoms with van der Waals surface area (Å²) in [6, 6.07) is 18.3. The van der Waals surface area contributed by atoms with Gasteiger partial charge in [0.05, 0.1) is 5.56 Å². The largest absolute Gasteiger partial charge is 0.352 e. The van der Waals surface area contributed by atoms with Gasteiger partial charge in [0.25, 0.3) is 5.91 Å². The van der Waals surface area contributed by atoms with Crippen LogP contribution in [0.2, 0.25) is 0 Å². The van der Waals surface area contributed by atoms with E-state index >= 15 is 0 Å². The smallest absolute Gasteiger partial charge is 0.252 e. The van der Waals surface area contributed by atoms with Crippen LogP contribution in [0, 0.1) is 0 Å². The third-order valence-electron chi connectivity index (χ3n) is 3.71. The average molecular weight is 290 g/mol. The Labute approximate surface area is 130 Å². The van der Waals surface area contributed by atoms with Crippen molar-refractivity contribution in [2.24, 2.45) is 0 Å². The second-order valence-corrected chi connectivity index (χ2v) is 5.24. The minimum Gasteiger partial charge on any atom is -0.352 e. The maximum Gasteiger partial charge on any atom is 0.252 e. The topological polar surface area (TPSA) is 42.0 Å². The minimum atomic E-state index is -0.0639. The molecular formula is C19H18N2O. The number of fused-ring (bicyclic) bond motifs is 1. The number of nitrogens with one attached hydrogen (secondary N) is 1. The van der Waals surface area contributed by atoms with Gasteiger partial charge in [0.15, 0.2) is 0 Å². The van der Waals surface area contributed by atoms with Crippen molar-refractivity contribution in [3.8, 4) is 0 Å². The molecular weight excluding hydrogens is 272 g/mol. The molecule has 0 aliphatic rings. The SMILES string of the molecule is O=C(NCCCc1cccc2ccccc12)c1cccnc1. The highest BCUT2D eigenvalue weighted by molar-refractivity contribution is 5.93. The number of hydrogen-bond acceptors (Lipinski definition) is 2. The van der Waals surface area contributed by atoms with Crippen molar-refractivity contribution in [2.75, 3.05) is 6.54 Å². The summed E-state index contributed by atoms with van der Waals surface area (Å²) in [4.78, 5) is 15.9. The molecule has 3 nitrogen and oxygen atoms in total. The molecule has 0 bridgehead atoms. The first-order valence-corrected chi connectivity index (χ1v) is 7.49. The first kappa shape index (κ1) is 14.3. The van der Waals surface area contributed by atoms with E-state index in [9.17, 15) is 4.79 Å². The van der Waals surface area contributed by atoms with Crippen molar-refractivity contribution in [1.82, 2.24) is 10.3 Å². The molecule has 2 aromatic carbocycles. The fourth-order valence-electron chi connectivity index (χ4n) is 2.59. The molecule has 3 heteroatoms. The van der Waals surface area contributed by atoms with Gasteiger partial charge in [-0.2, -0.15) is 0 Å². The van der Waals surface area contributed by atoms with E-state index < -0.39 is 0 Å². The van der Waals surface area contributed by atoms with E-state index in [1.807, 2.05) is 0 Å². The lowest BCUT2D eigenvalue weighted by molar-refractivity contribution is 0.0953. The third-order valence-corrected chi connectivity index (χ3v) is 3.71. The van der Waals surface area contributed by atoms with Crippen LogP contribution in [-0.4, -0.2) is 17.4 Å². The standard InChI is InChI=1S/C19H18N2O/c22-19(17-10-4-12-20-14-17)21-13-5-9-16-8-3-7-15-6-1-2-11-18(15)16/h1-4,6-8,10-12,14H,5,9,13H2,(H,21,22). The second kappa shape index (κ2) is 6.85. The highest BCUT2D eigenvalue weighted by Crippen LogP contribution is 2.19. The number of carbonyl (C=O) groups is 1. The van der Waals surface area contributed by atoms with Crippen LogP contribution in [0.3, 0.4) is 0 Å². The number of pyridine rings is 1. The van der Waals surface area contributed by atoms with Crippen molar-refractivity contribution in [3.63, 3.8) is 0 Å². The number of aryl methyl sites for hydroxylation is 1. The number of rotatable bonds is 5. The zero-order chi connectivity index (χ0) is 15.2. The number of aromatic nitrogens is 1. The van der Waals surface area contributed by atoms with E-state index in [2.05, 4.69) is 52.8 Å². The highest BCUT2D eigenvalue weighted by Gasteiger charge is 2.04. The molecule has 0 fully saturated rings. The predicted octanol–water partition coefficient (Wildman–Crippen LogP) is 3.60. The molecule has 1 aromatic heterocycles. The number of hydrogen-bond donors (Lipinski definition) is 1. The zero-order valence-electron chi connectivity index (χ0n) is 12.3. The van der Waals surface area contributed by atoms with Crippen LogP contribution in [-0.2, 0) is 6.42 Å². The molecule has 3 rings (SSSR count). The van der Waals surface area contributed by atoms with Crippen molar-refractivity contribution in [2.45, 2.75) is 12.8 Å². The summed E-state index contributed by atoms with van der Waals surface area (Å²) in [5.41, 5.74) is 1.93. The Morgan fingerprint density at radius 2 is 1.86 bits per heavy atom. The number of nitrogens with zero attached hydrogens (tertiary/aromatic N) is 1. The molecule has 1 heterocycles. The van der Waals surface area contributed by atoms with Gasteiger partial charge in [-0.1, -0.05) is 42.5 Å². The molecule has 3 aromatic rings. The van der Waals surface area contributed by atoms with Crippen LogP contribution in [0.1, 0.15) is 22.3 Å². The van der Waals surface area contributed by atoms with Gasteiger partial charge in [-0.3, -0.25) is 9.78 Å². The van der Waals surface area contributed by atoms with Crippen molar-refractivity contribution in [3.05, 3.63) is 78.1 Å². The van der Waals surface area contributed by atoms with E-state index in [0.717, 1.165) is 12.8 Å². The van der Waals surface area contributed by atoms with Crippen molar-refractivity contribution in [1.29, 1.82) is 0 Å². The van der Waals surface area contributed by atoms with Gasteiger partial charge >= 0.3 is 0 Å². The number of benzene rings is 2. The molecule has 1 amide bonds. The zero-order valence-corrected chi connectivity index (χ0v) is 12.3. The Hall–Kier alpha value is -2.68. The van der Waals surface area contributed by atoms with E-state index in [0.29, 0.717) is 12.1 Å². The molecule has 1 N–H and O–H groups in total. The Morgan fingerprint density at radius 1 is 1.00 bits per heavy atom. The first-order chi connectivity index (χ1) is 10.8. The Morgan fingerprint density at radius 3 is 2.73 bits per heavy atom. The van der Waals surface area contributed by atoms with Crippen LogP contribution in [0.5, 0.6) is 0 Å². The summed E-state index contributed by atoms with van der Waals surface area (Å²) in [5.74, 6) is -0.0639. The minimum absolute atomic E-state index is 0.0639. The molecule has 0 aliphatic heterocycles. The van der Waals surface area contributed by atoms with E-state index in [1.165, 1.54) is 16.3 Å². The summed E-state index contributed by atoms with van der Waals surface area (Å²) in [6.07, 6.45) is 5.12. The molecule has 0 unspecified atom stereocenters. The molecule has 0 radical (unpaired) electrons. The fraction of sp³-hybridized carbons (Fsp3) is 0.158. The van der Waals surface area contributed by atoms with E-state index in [-0.39, 0.29) is 5.91 Å². The van der Waals surface area contributed by atoms with Crippen LogP contribution >= 0.6 is 0 Å². The van der Waals surface area contributed by atoms with E-state index in [4.69, 9.17) is 0 Å². The lowest BCUT2D eigenvalue weighted by Gasteiger charge is -2.08. The second-order valence-electron chi connectivity index (χ2n) is 5.24. The van der Waals surface area contributed by atoms with Crippen LogP contribution in [0.25, 0.3) is 10.8 Å². The van der Waals surface area contributed by atoms with Gasteiger partial charge in [-0.25, -0.2) is 0 Å². The molecule has 0 spiro atoms. The van der Waals surface area contributed by atoms with Gasteiger partial charge in [-0.05, 0) is 41.3 Å². The molecule has 0 atom stereocenters. The van der Waals surface area contributed by atoms with E-state index in [1.54, 1.807) is 24.5 Å². The van der Waals surface area contributed by atoms with Crippen molar-refractivity contribution < 1.29 is 4.79 Å². The molecule has 0 saturated heterocycles. The van der Waals surface area contributed by atoms with Gasteiger partial charge in [0.2, 0.25) is 0 Å². The monoisotopic (exact) mass is 290 g/mol. The Bertz CT molecular complexity index is 763. The van der Waals surface area contributed by atoms with Crippen LogP contribution < -0.4 is 5.32 Å². The molecule has 0 aliphatic carbocycles. The highest BCUT2D eigenvalue weighted by atomic mass is 16.1. The number of amides is 1. The first-order valence-electron chi connectivity index (χ1n) is 7.49. The normalized spacial score (nSPS) is 10.5. The summed E-state index contributed by atoms with van der Waals surface area (Å²) in [6.45, 7) is 0.664. The summed E-state index contributed by atoms with van der Waals surface area (Å²) >= 11 is 0. The van der Waals surface area contributed by atoms with Gasteiger partial charge in [0.1, 0.15) is 0 Å². The fourth-order valence-corrected chi connectivity index (χ4v) is 2.59. The summed E-state index contributed by atoms with van der Waals surface area (Å²) < 4.78 is 0. The predicted molar refractivity (Wildman–Crippen MR) is 88.8 cm³/mol. The molecule has 0 saturated carbocycles. The third kappa shape index (κ3) is 3.31. The van der Waals surface area contributed by atoms with Crippen LogP contribution in [0.15, 0.2) is 67.0 Å². The van der Waals surface area contributed by atoms with Crippen LogP contribution in [0.4, 0.5) is 0 Å². The van der Waals surface area contributed by atoms with Gasteiger partial charge < -0.3 is 5.32 Å². The lowest BCUT2D eigenvalue weighted by Crippen LogP contribution is -2.24. The van der Waals surface area contributed by atoms with Crippen molar-refractivity contribution >= 4 is 16.7 Å². The summed E-state index contributed by atoms with van der Waals surface area (Å²) in [7, 11) is 0. The molecule has 110 valence electrons. The average Bonchev–Trinajstić information content (AvgIpc) is 2.59. The molecule has 22 heavy (non-hydrogen) atoms. The van der Waals surface area contributed by atoms with Gasteiger partial charge in [-0.15, -0.1) is 0 Å². The Kier molecular flexibility index (Phi) is 4.44. The summed E-state index contributed by atoms with van der Waals surface area (Å²) in [5, 5.41) is 5.50. The quantitative estimate of drug-likeness (QED) is 0.730. The maximum absolute atomic E-state index is 11.9.